The van der Waals surface area contributed by atoms with E-state index in [4.69, 9.17) is 0 Å². The molecule has 0 N–H and O–H groups in total. The standard InChI is InChI=1S/C13H9.C8H8.C5H5.2ClH.Zr/c1-3-7-12-10(5-1)9-11-6-2-4-8-13(11)12;1-2-8-6-4-3-5-7-8;1-2-4-5-3-1;;;/h1-5,7-8H,9H2;1,3-7H,2H2;1-3H,4H2;2*1H;/q-1;;-1;;;+2/p-2. The molecule has 2 aliphatic rings. The van der Waals surface area contributed by atoms with Crippen LogP contribution in [0.3, 0.4) is 0 Å². The van der Waals surface area contributed by atoms with Crippen LogP contribution in [0.5, 0.6) is 0 Å². The van der Waals surface area contributed by atoms with Crippen molar-refractivity contribution in [1.29, 1.82) is 0 Å². The van der Waals surface area contributed by atoms with Crippen LogP contribution in [0.2, 0.25) is 0 Å². The normalized spacial score (nSPS) is 11.4. The number of benzene rings is 3. The SMILES string of the molecule is [C-]1=CC=CC1.[Cl-].[Cl-].[Zr+2]=[CH]Cc1ccccc1.[c-]1cccc2c1Cc1ccccc1-2. The summed E-state index contributed by atoms with van der Waals surface area (Å²) in [5, 5.41) is 0. The van der Waals surface area contributed by atoms with E-state index < -0.39 is 0 Å². The fraction of sp³-hybridized carbons (Fsp3) is 0.115. The molecule has 0 amide bonds. The minimum Gasteiger partial charge on any atom is -0.179 e. The predicted molar refractivity (Wildman–Crippen MR) is 111 cm³/mol. The minimum atomic E-state index is 0. The van der Waals surface area contributed by atoms with E-state index in [-0.39, 0.29) is 24.8 Å². The average Bonchev–Trinajstić information content (AvgIpc) is 3.41. The first-order chi connectivity index (χ1) is 13.4. The zero-order valence-corrected chi connectivity index (χ0v) is 20.1. The van der Waals surface area contributed by atoms with Crippen LogP contribution in [-0.4, -0.2) is 3.71 Å². The molecule has 0 saturated carbocycles. The largest absolute Gasteiger partial charge is 0.179 e. The molecule has 5 rings (SSSR count). The van der Waals surface area contributed by atoms with Gasteiger partial charge in [0.25, 0.3) is 0 Å². The van der Waals surface area contributed by atoms with Gasteiger partial charge in [-0.05, 0) is 6.42 Å². The zero-order valence-electron chi connectivity index (χ0n) is 16.1. The number of halogens is 2. The second kappa shape index (κ2) is 14.5. The molecule has 0 radical (unpaired) electrons. The van der Waals surface area contributed by atoms with E-state index in [1.54, 1.807) is 0 Å². The third-order valence-electron chi connectivity index (χ3n) is 4.38. The molecule has 0 nitrogen and oxygen atoms in total. The van der Waals surface area contributed by atoms with Gasteiger partial charge in [0.1, 0.15) is 0 Å². The molecule has 0 unspecified atom stereocenters. The second-order valence-electron chi connectivity index (χ2n) is 6.29. The van der Waals surface area contributed by atoms with Crippen molar-refractivity contribution in [2.75, 3.05) is 0 Å². The van der Waals surface area contributed by atoms with E-state index in [0.29, 0.717) is 0 Å². The Morgan fingerprint density at radius 1 is 0.862 bits per heavy atom. The van der Waals surface area contributed by atoms with Crippen LogP contribution in [0.4, 0.5) is 0 Å². The molecule has 0 spiro atoms. The Morgan fingerprint density at radius 2 is 1.59 bits per heavy atom. The van der Waals surface area contributed by atoms with E-state index in [2.05, 4.69) is 82.6 Å². The Hall–Kier alpha value is -1.53. The molecule has 0 fully saturated rings. The molecule has 3 aromatic carbocycles. The van der Waals surface area contributed by atoms with E-state index in [1.807, 2.05) is 24.3 Å². The Morgan fingerprint density at radius 3 is 2.24 bits per heavy atom. The van der Waals surface area contributed by atoms with Crippen molar-refractivity contribution < 1.29 is 49.0 Å². The van der Waals surface area contributed by atoms with Crippen LogP contribution in [0.1, 0.15) is 23.1 Å². The molecule has 0 saturated heterocycles. The maximum absolute atomic E-state index is 3.30. The number of hydrogen-bond donors (Lipinski definition) is 0. The first kappa shape index (κ1) is 25.5. The molecule has 29 heavy (non-hydrogen) atoms. The molecule has 146 valence electrons. The summed E-state index contributed by atoms with van der Waals surface area (Å²) in [5.41, 5.74) is 6.92. The third kappa shape index (κ3) is 8.02. The molecule has 2 aliphatic carbocycles. The van der Waals surface area contributed by atoms with Gasteiger partial charge < -0.3 is 24.8 Å². The van der Waals surface area contributed by atoms with Crippen LogP contribution in [0, 0.1) is 12.1 Å². The first-order valence-corrected chi connectivity index (χ1v) is 10.6. The van der Waals surface area contributed by atoms with Crippen LogP contribution >= 0.6 is 0 Å². The van der Waals surface area contributed by atoms with Crippen molar-refractivity contribution in [3.8, 4) is 11.1 Å². The van der Waals surface area contributed by atoms with E-state index in [0.717, 1.165) is 19.3 Å². The summed E-state index contributed by atoms with van der Waals surface area (Å²) in [5.74, 6) is 0. The van der Waals surface area contributed by atoms with Crippen LogP contribution in [0.25, 0.3) is 11.1 Å². The summed E-state index contributed by atoms with van der Waals surface area (Å²) in [6.45, 7) is 0. The molecule has 0 bridgehead atoms. The summed E-state index contributed by atoms with van der Waals surface area (Å²) in [6.07, 6.45) is 12.2. The van der Waals surface area contributed by atoms with Crippen LogP contribution in [-0.2, 0) is 37.1 Å². The summed E-state index contributed by atoms with van der Waals surface area (Å²) >= 11 is 1.51. The molecule has 3 heteroatoms. The van der Waals surface area contributed by atoms with Crippen molar-refractivity contribution in [3.05, 3.63) is 120 Å². The monoisotopic (exact) mass is 494 g/mol. The van der Waals surface area contributed by atoms with E-state index in [9.17, 15) is 0 Å². The van der Waals surface area contributed by atoms with Crippen molar-refractivity contribution >= 4 is 3.71 Å². The summed E-state index contributed by atoms with van der Waals surface area (Å²) in [6, 6.07) is 28.6. The Labute approximate surface area is 201 Å². The predicted octanol–water partition coefficient (Wildman–Crippen LogP) is -0.0502. The van der Waals surface area contributed by atoms with Crippen LogP contribution in [0.15, 0.2) is 91.0 Å². The number of fused-ring (bicyclic) bond motifs is 3. The molecule has 0 heterocycles. The average molecular weight is 497 g/mol. The van der Waals surface area contributed by atoms with Gasteiger partial charge in [-0.1, -0.05) is 35.4 Å². The fourth-order valence-corrected chi connectivity index (χ4v) is 3.65. The Kier molecular flexibility index (Phi) is 12.7. The molecule has 3 aromatic rings. The van der Waals surface area contributed by atoms with Gasteiger partial charge in [-0.2, -0.15) is 35.9 Å². The topological polar surface area (TPSA) is 0 Å². The van der Waals surface area contributed by atoms with Gasteiger partial charge in [0, 0.05) is 0 Å². The van der Waals surface area contributed by atoms with E-state index in [1.165, 1.54) is 52.1 Å². The maximum atomic E-state index is 3.30. The first-order valence-electron chi connectivity index (χ1n) is 9.21. The summed E-state index contributed by atoms with van der Waals surface area (Å²) in [7, 11) is 0. The van der Waals surface area contributed by atoms with Crippen molar-refractivity contribution in [2.45, 2.75) is 19.3 Å². The van der Waals surface area contributed by atoms with Crippen molar-refractivity contribution in [3.63, 3.8) is 0 Å². The molecular formula is C26H22Cl2Zr-2. The van der Waals surface area contributed by atoms with Gasteiger partial charge in [-0.3, -0.25) is 6.08 Å². The summed E-state index contributed by atoms with van der Waals surface area (Å²) < 4.78 is 2.25. The fourth-order valence-electron chi connectivity index (χ4n) is 3.07. The summed E-state index contributed by atoms with van der Waals surface area (Å²) in [4.78, 5) is 0. The van der Waals surface area contributed by atoms with E-state index >= 15 is 0 Å². The second-order valence-corrected chi connectivity index (χ2v) is 7.30. The maximum Gasteiger partial charge on any atom is -0.0253 e. The van der Waals surface area contributed by atoms with Crippen molar-refractivity contribution in [1.82, 2.24) is 0 Å². The van der Waals surface area contributed by atoms with Gasteiger partial charge >= 0.3 is 70.3 Å². The van der Waals surface area contributed by atoms with Gasteiger partial charge in [0.15, 0.2) is 0 Å². The zero-order chi connectivity index (χ0) is 18.7. The molecule has 0 aromatic heterocycles. The third-order valence-corrected chi connectivity index (χ3v) is 4.88. The molecule has 0 atom stereocenters. The van der Waals surface area contributed by atoms with Gasteiger partial charge in [0.05, 0.1) is 0 Å². The number of rotatable bonds is 2. The smallest absolute Gasteiger partial charge is 0.0253 e. The minimum absolute atomic E-state index is 0. The molecule has 0 aliphatic heterocycles. The van der Waals surface area contributed by atoms with Gasteiger partial charge in [-0.25, -0.2) is 12.2 Å². The van der Waals surface area contributed by atoms with Crippen molar-refractivity contribution in [2.24, 2.45) is 0 Å². The number of allylic oxidation sites excluding steroid dienone is 4. The molecular weight excluding hydrogens is 474 g/mol. The van der Waals surface area contributed by atoms with Gasteiger partial charge in [-0.15, -0.1) is 12.0 Å². The van der Waals surface area contributed by atoms with Gasteiger partial charge in [0.2, 0.25) is 0 Å². The number of hydrogen-bond acceptors (Lipinski definition) is 0. The van der Waals surface area contributed by atoms with Crippen LogP contribution < -0.4 is 24.8 Å². The Bertz CT molecular complexity index is 877. The quantitative estimate of drug-likeness (QED) is 0.342. The Balaban J connectivity index is 0.000000231.